The lowest BCUT2D eigenvalue weighted by Crippen LogP contribution is -1.89. The molecular formula is C10H12Br2O. The molecule has 1 rings (SSSR count). The molecule has 0 heterocycles. The van der Waals surface area contributed by atoms with E-state index in [1.165, 1.54) is 5.56 Å². The van der Waals surface area contributed by atoms with Gasteiger partial charge in [-0.3, -0.25) is 0 Å². The molecule has 1 aromatic carbocycles. The van der Waals surface area contributed by atoms with Gasteiger partial charge in [0.1, 0.15) is 5.75 Å². The van der Waals surface area contributed by atoms with Gasteiger partial charge in [-0.2, -0.15) is 0 Å². The van der Waals surface area contributed by atoms with Gasteiger partial charge in [0.15, 0.2) is 0 Å². The van der Waals surface area contributed by atoms with Crippen LogP contribution in [0.4, 0.5) is 0 Å². The van der Waals surface area contributed by atoms with E-state index in [4.69, 9.17) is 4.74 Å². The predicted octanol–water partition coefficient (Wildman–Crippen LogP) is 3.79. The van der Waals surface area contributed by atoms with Gasteiger partial charge < -0.3 is 4.74 Å². The molecule has 0 saturated carbocycles. The highest BCUT2D eigenvalue weighted by Crippen LogP contribution is 2.26. The second kappa shape index (κ2) is 5.66. The Balaban J connectivity index is 2.74. The number of ether oxygens (including phenoxy) is 1. The summed E-state index contributed by atoms with van der Waals surface area (Å²) in [6.07, 6.45) is 2.25. The summed E-state index contributed by atoms with van der Waals surface area (Å²) in [5.41, 5.74) is 1.32. The molecular weight excluding hydrogens is 296 g/mol. The lowest BCUT2D eigenvalue weighted by Gasteiger charge is -2.05. The Hall–Kier alpha value is -0.0200. The van der Waals surface area contributed by atoms with E-state index in [1.807, 2.05) is 6.07 Å². The number of halogens is 2. The Morgan fingerprint density at radius 2 is 2.15 bits per heavy atom. The monoisotopic (exact) mass is 306 g/mol. The van der Waals surface area contributed by atoms with Crippen LogP contribution in [-0.2, 0) is 6.42 Å². The fraction of sp³-hybridized carbons (Fsp3) is 0.400. The number of aryl methyl sites for hydroxylation is 1. The quantitative estimate of drug-likeness (QED) is 0.769. The van der Waals surface area contributed by atoms with E-state index in [-0.39, 0.29) is 0 Å². The maximum absolute atomic E-state index is 5.21. The molecule has 1 nitrogen and oxygen atoms in total. The van der Waals surface area contributed by atoms with Crippen LogP contribution in [0.1, 0.15) is 12.0 Å². The smallest absolute Gasteiger partial charge is 0.133 e. The van der Waals surface area contributed by atoms with Crippen molar-refractivity contribution in [3.05, 3.63) is 28.2 Å². The maximum atomic E-state index is 5.21. The molecule has 0 N–H and O–H groups in total. The highest BCUT2D eigenvalue weighted by Gasteiger charge is 2.00. The second-order valence-electron chi connectivity index (χ2n) is 2.76. The van der Waals surface area contributed by atoms with Gasteiger partial charge in [0.2, 0.25) is 0 Å². The van der Waals surface area contributed by atoms with Gasteiger partial charge in [-0.25, -0.2) is 0 Å². The topological polar surface area (TPSA) is 9.23 Å². The molecule has 3 heteroatoms. The van der Waals surface area contributed by atoms with E-state index >= 15 is 0 Å². The third-order valence-electron chi connectivity index (χ3n) is 1.81. The van der Waals surface area contributed by atoms with Crippen molar-refractivity contribution in [2.75, 3.05) is 12.4 Å². The van der Waals surface area contributed by atoms with E-state index in [9.17, 15) is 0 Å². The minimum absolute atomic E-state index is 0.909. The summed E-state index contributed by atoms with van der Waals surface area (Å²) in [6, 6.07) is 6.23. The SMILES string of the molecule is COc1cc(CCCBr)ccc1Br. The Morgan fingerprint density at radius 1 is 1.38 bits per heavy atom. The van der Waals surface area contributed by atoms with Gasteiger partial charge in [-0.1, -0.05) is 22.0 Å². The molecule has 0 aromatic heterocycles. The van der Waals surface area contributed by atoms with Crippen molar-refractivity contribution in [1.29, 1.82) is 0 Å². The van der Waals surface area contributed by atoms with Crippen LogP contribution in [0, 0.1) is 0 Å². The molecule has 0 unspecified atom stereocenters. The maximum Gasteiger partial charge on any atom is 0.133 e. The van der Waals surface area contributed by atoms with E-state index in [0.29, 0.717) is 0 Å². The number of methoxy groups -OCH3 is 1. The third kappa shape index (κ3) is 3.31. The van der Waals surface area contributed by atoms with Crippen LogP contribution in [0.25, 0.3) is 0 Å². The van der Waals surface area contributed by atoms with E-state index < -0.39 is 0 Å². The van der Waals surface area contributed by atoms with Crippen molar-refractivity contribution in [2.24, 2.45) is 0 Å². The average Bonchev–Trinajstić information content (AvgIpc) is 2.16. The summed E-state index contributed by atoms with van der Waals surface area (Å²) >= 11 is 6.84. The minimum atomic E-state index is 0.909. The molecule has 13 heavy (non-hydrogen) atoms. The molecule has 72 valence electrons. The first kappa shape index (κ1) is 11.1. The number of rotatable bonds is 4. The van der Waals surface area contributed by atoms with Crippen molar-refractivity contribution in [1.82, 2.24) is 0 Å². The first-order valence-electron chi connectivity index (χ1n) is 4.16. The van der Waals surface area contributed by atoms with Crippen LogP contribution in [0.3, 0.4) is 0 Å². The van der Waals surface area contributed by atoms with E-state index in [1.54, 1.807) is 7.11 Å². The van der Waals surface area contributed by atoms with E-state index in [0.717, 1.165) is 28.4 Å². The lowest BCUT2D eigenvalue weighted by atomic mass is 10.1. The van der Waals surface area contributed by atoms with Gasteiger partial charge in [0.25, 0.3) is 0 Å². The molecule has 0 aliphatic rings. The summed E-state index contributed by atoms with van der Waals surface area (Å²) in [5, 5.41) is 1.05. The Labute approximate surface area is 95.7 Å². The molecule has 0 atom stereocenters. The molecule has 0 amide bonds. The number of benzene rings is 1. The largest absolute Gasteiger partial charge is 0.496 e. The summed E-state index contributed by atoms with van der Waals surface area (Å²) in [7, 11) is 1.69. The van der Waals surface area contributed by atoms with Gasteiger partial charge >= 0.3 is 0 Å². The van der Waals surface area contributed by atoms with Crippen LogP contribution in [0.15, 0.2) is 22.7 Å². The van der Waals surface area contributed by atoms with Crippen LogP contribution in [0.5, 0.6) is 5.75 Å². The average molecular weight is 308 g/mol. The van der Waals surface area contributed by atoms with Gasteiger partial charge in [-0.05, 0) is 46.5 Å². The van der Waals surface area contributed by atoms with E-state index in [2.05, 4.69) is 44.0 Å². The standard InChI is InChI=1S/C10H12Br2O/c1-13-10-7-8(3-2-6-11)4-5-9(10)12/h4-5,7H,2-3,6H2,1H3. The Bertz CT molecular complexity index is 274. The molecule has 0 bridgehead atoms. The molecule has 1 aromatic rings. The van der Waals surface area contributed by atoms with Crippen molar-refractivity contribution in [3.8, 4) is 5.75 Å². The van der Waals surface area contributed by atoms with Crippen molar-refractivity contribution in [2.45, 2.75) is 12.8 Å². The van der Waals surface area contributed by atoms with Gasteiger partial charge in [0.05, 0.1) is 11.6 Å². The third-order valence-corrected chi connectivity index (χ3v) is 3.03. The van der Waals surface area contributed by atoms with Crippen molar-refractivity contribution < 1.29 is 4.74 Å². The zero-order chi connectivity index (χ0) is 9.68. The summed E-state index contributed by atoms with van der Waals surface area (Å²) in [5.74, 6) is 0.909. The van der Waals surface area contributed by atoms with Gasteiger partial charge in [0, 0.05) is 5.33 Å². The zero-order valence-electron chi connectivity index (χ0n) is 7.52. The second-order valence-corrected chi connectivity index (χ2v) is 4.41. The molecule has 0 spiro atoms. The van der Waals surface area contributed by atoms with Crippen LogP contribution in [-0.4, -0.2) is 12.4 Å². The highest BCUT2D eigenvalue weighted by molar-refractivity contribution is 9.10. The molecule has 0 radical (unpaired) electrons. The minimum Gasteiger partial charge on any atom is -0.496 e. The normalized spacial score (nSPS) is 10.1. The van der Waals surface area contributed by atoms with Crippen molar-refractivity contribution >= 4 is 31.9 Å². The number of hydrogen-bond donors (Lipinski definition) is 0. The van der Waals surface area contributed by atoms with Crippen LogP contribution >= 0.6 is 31.9 Å². The zero-order valence-corrected chi connectivity index (χ0v) is 10.7. The van der Waals surface area contributed by atoms with Crippen LogP contribution < -0.4 is 4.74 Å². The molecule has 0 aliphatic heterocycles. The highest BCUT2D eigenvalue weighted by atomic mass is 79.9. The molecule has 0 saturated heterocycles. The Kier molecular flexibility index (Phi) is 4.81. The first-order chi connectivity index (χ1) is 6.27. The fourth-order valence-corrected chi connectivity index (χ4v) is 1.82. The first-order valence-corrected chi connectivity index (χ1v) is 6.07. The number of alkyl halides is 1. The predicted molar refractivity (Wildman–Crippen MR) is 62.8 cm³/mol. The summed E-state index contributed by atoms with van der Waals surface area (Å²) in [6.45, 7) is 0. The Morgan fingerprint density at radius 3 is 2.77 bits per heavy atom. The summed E-state index contributed by atoms with van der Waals surface area (Å²) < 4.78 is 6.22. The summed E-state index contributed by atoms with van der Waals surface area (Å²) in [4.78, 5) is 0. The molecule has 0 aliphatic carbocycles. The van der Waals surface area contributed by atoms with Crippen molar-refractivity contribution in [3.63, 3.8) is 0 Å². The number of hydrogen-bond acceptors (Lipinski definition) is 1. The van der Waals surface area contributed by atoms with Gasteiger partial charge in [-0.15, -0.1) is 0 Å². The van der Waals surface area contributed by atoms with Crippen LogP contribution in [0.2, 0.25) is 0 Å². The fourth-order valence-electron chi connectivity index (χ4n) is 1.13. The lowest BCUT2D eigenvalue weighted by molar-refractivity contribution is 0.411. The molecule has 0 fully saturated rings.